The van der Waals surface area contributed by atoms with Crippen LogP contribution in [0.25, 0.3) is 11.1 Å². The van der Waals surface area contributed by atoms with Crippen LogP contribution in [-0.2, 0) is 15.9 Å². The Morgan fingerprint density at radius 2 is 1.63 bits per heavy atom. The van der Waals surface area contributed by atoms with Crippen molar-refractivity contribution in [3.63, 3.8) is 0 Å². The van der Waals surface area contributed by atoms with E-state index in [1.165, 1.54) is 0 Å². The molecule has 1 heterocycles. The lowest BCUT2D eigenvalue weighted by Crippen LogP contribution is -2.35. The molecule has 3 aromatic rings. The maximum absolute atomic E-state index is 12.5. The van der Waals surface area contributed by atoms with Gasteiger partial charge in [-0.1, -0.05) is 79.4 Å². The Morgan fingerprint density at radius 1 is 0.951 bits per heavy atom. The van der Waals surface area contributed by atoms with E-state index in [9.17, 15) is 9.59 Å². The van der Waals surface area contributed by atoms with Gasteiger partial charge in [0.15, 0.2) is 5.82 Å². The quantitative estimate of drug-likeness (QED) is 0.163. The van der Waals surface area contributed by atoms with Crippen molar-refractivity contribution in [2.24, 2.45) is 0 Å². The lowest BCUT2D eigenvalue weighted by Gasteiger charge is -2.22. The molecule has 2 amide bonds. The number of hydrogen-bond acceptors (Lipinski definition) is 7. The third-order valence-corrected chi connectivity index (χ3v) is 7.87. The maximum Gasteiger partial charge on any atom is 0.408 e. The standard InChI is InChI=1S/C31H44N4O5Si/c1-31(2,3)39-30(37)33-26(14-10-11-19-32-29(36)38-20-21-41(4,5)6)28-34-27(35-40-28)22-23-15-17-25(18-16-23)24-12-8-7-9-13-24/h7-9,12-13,15-18,26H,10-11,14,19-22H2,1-6H3,(H,32,36)(H,33,37)/t26-/m0/s1. The Labute approximate surface area is 244 Å². The predicted molar refractivity (Wildman–Crippen MR) is 162 cm³/mol. The zero-order chi connectivity index (χ0) is 29.9. The van der Waals surface area contributed by atoms with E-state index in [2.05, 4.69) is 76.8 Å². The Balaban J connectivity index is 1.55. The molecule has 0 radical (unpaired) electrons. The van der Waals surface area contributed by atoms with Gasteiger partial charge in [0.1, 0.15) is 11.6 Å². The highest BCUT2D eigenvalue weighted by molar-refractivity contribution is 6.76. The molecule has 10 heteroatoms. The summed E-state index contributed by atoms with van der Waals surface area (Å²) in [4.78, 5) is 29.1. The van der Waals surface area contributed by atoms with E-state index in [-0.39, 0.29) is 0 Å². The van der Waals surface area contributed by atoms with Gasteiger partial charge in [0, 0.05) is 21.0 Å². The van der Waals surface area contributed by atoms with Crippen molar-refractivity contribution in [3.8, 4) is 11.1 Å². The first-order valence-electron chi connectivity index (χ1n) is 14.2. The first-order chi connectivity index (χ1) is 19.4. The summed E-state index contributed by atoms with van der Waals surface area (Å²) in [6.45, 7) is 13.1. The minimum atomic E-state index is -1.25. The van der Waals surface area contributed by atoms with E-state index < -0.39 is 31.9 Å². The number of hydrogen-bond donors (Lipinski definition) is 2. The van der Waals surface area contributed by atoms with Crippen LogP contribution in [0.5, 0.6) is 0 Å². The number of unbranched alkanes of at least 4 members (excludes halogenated alkanes) is 1. The van der Waals surface area contributed by atoms with Crippen LogP contribution < -0.4 is 10.6 Å². The van der Waals surface area contributed by atoms with Crippen LogP contribution >= 0.6 is 0 Å². The number of aromatic nitrogens is 2. The van der Waals surface area contributed by atoms with Crippen LogP contribution in [-0.4, -0.2) is 49.2 Å². The normalized spacial score (nSPS) is 12.4. The van der Waals surface area contributed by atoms with E-state index in [1.54, 1.807) is 0 Å². The summed E-state index contributed by atoms with van der Waals surface area (Å²) in [5, 5.41) is 9.82. The zero-order valence-corrected chi connectivity index (χ0v) is 26.2. The fraction of sp³-hybridized carbons (Fsp3) is 0.484. The average Bonchev–Trinajstić information content (AvgIpc) is 3.35. The van der Waals surface area contributed by atoms with Crippen LogP contribution in [0.15, 0.2) is 59.1 Å². The highest BCUT2D eigenvalue weighted by Gasteiger charge is 2.24. The smallest absolute Gasteiger partial charge is 0.408 e. The molecule has 0 bridgehead atoms. The summed E-state index contributed by atoms with van der Waals surface area (Å²) in [6.07, 6.45) is 1.49. The fourth-order valence-electron chi connectivity index (χ4n) is 3.98. The molecular weight excluding hydrogens is 536 g/mol. The number of rotatable bonds is 13. The van der Waals surface area contributed by atoms with Crippen LogP contribution in [0, 0.1) is 0 Å². The second-order valence-electron chi connectivity index (χ2n) is 12.4. The minimum absolute atomic E-state index is 0.325. The number of carbonyl (C=O) groups is 2. The molecule has 41 heavy (non-hydrogen) atoms. The number of amides is 2. The predicted octanol–water partition coefficient (Wildman–Crippen LogP) is 7.13. The first kappa shape index (κ1) is 31.9. The molecule has 0 spiro atoms. The molecule has 0 aliphatic carbocycles. The molecule has 0 unspecified atom stereocenters. The van der Waals surface area contributed by atoms with Gasteiger partial charge in [-0.2, -0.15) is 4.98 Å². The number of alkyl carbamates (subject to hydrolysis) is 2. The molecular formula is C31H44N4O5Si. The molecule has 222 valence electrons. The van der Waals surface area contributed by atoms with Gasteiger partial charge >= 0.3 is 12.2 Å². The van der Waals surface area contributed by atoms with Crippen LogP contribution in [0.2, 0.25) is 25.7 Å². The number of nitrogens with zero attached hydrogens (tertiary/aromatic N) is 2. The molecule has 0 saturated heterocycles. The summed E-state index contributed by atoms with van der Waals surface area (Å²) in [6, 6.07) is 18.9. The van der Waals surface area contributed by atoms with Crippen molar-refractivity contribution >= 4 is 20.3 Å². The van der Waals surface area contributed by atoms with Gasteiger partial charge in [0.2, 0.25) is 5.89 Å². The van der Waals surface area contributed by atoms with Crippen LogP contribution in [0.1, 0.15) is 63.4 Å². The highest BCUT2D eigenvalue weighted by atomic mass is 28.3. The number of benzene rings is 2. The van der Waals surface area contributed by atoms with Crippen molar-refractivity contribution in [2.45, 2.75) is 83.8 Å². The Bertz CT molecular complexity index is 1230. The molecule has 2 aromatic carbocycles. The molecule has 0 fully saturated rings. The summed E-state index contributed by atoms with van der Waals surface area (Å²) in [5.41, 5.74) is 2.71. The van der Waals surface area contributed by atoms with Crippen molar-refractivity contribution in [1.82, 2.24) is 20.8 Å². The highest BCUT2D eigenvalue weighted by Crippen LogP contribution is 2.22. The third kappa shape index (κ3) is 12.2. The molecule has 1 aromatic heterocycles. The number of carbonyl (C=O) groups excluding carboxylic acids is 2. The van der Waals surface area contributed by atoms with Crippen LogP contribution in [0.3, 0.4) is 0 Å². The summed E-state index contributed by atoms with van der Waals surface area (Å²) in [7, 11) is -1.25. The van der Waals surface area contributed by atoms with Crippen molar-refractivity contribution in [2.75, 3.05) is 13.2 Å². The minimum Gasteiger partial charge on any atom is -0.450 e. The maximum atomic E-state index is 12.5. The van der Waals surface area contributed by atoms with E-state index >= 15 is 0 Å². The van der Waals surface area contributed by atoms with Gasteiger partial charge in [-0.05, 0) is 62.8 Å². The summed E-state index contributed by atoms with van der Waals surface area (Å²) in [5.74, 6) is 0.858. The van der Waals surface area contributed by atoms with E-state index in [0.29, 0.717) is 50.6 Å². The molecule has 0 aliphatic heterocycles. The van der Waals surface area contributed by atoms with Crippen molar-refractivity contribution in [3.05, 3.63) is 71.9 Å². The van der Waals surface area contributed by atoms with Crippen LogP contribution in [0.4, 0.5) is 9.59 Å². The van der Waals surface area contributed by atoms with E-state index in [1.807, 2.05) is 39.0 Å². The monoisotopic (exact) mass is 580 g/mol. The Kier molecular flexibility index (Phi) is 11.5. The second kappa shape index (κ2) is 14.8. The first-order valence-corrected chi connectivity index (χ1v) is 18.0. The van der Waals surface area contributed by atoms with Gasteiger partial charge in [-0.3, -0.25) is 0 Å². The molecule has 9 nitrogen and oxygen atoms in total. The van der Waals surface area contributed by atoms with Gasteiger partial charge in [-0.25, -0.2) is 9.59 Å². The lowest BCUT2D eigenvalue weighted by atomic mass is 10.0. The molecule has 0 saturated carbocycles. The van der Waals surface area contributed by atoms with Gasteiger partial charge in [-0.15, -0.1) is 0 Å². The lowest BCUT2D eigenvalue weighted by molar-refractivity contribution is 0.0490. The number of ether oxygens (including phenoxy) is 2. The Hall–Kier alpha value is -3.66. The topological polar surface area (TPSA) is 116 Å². The molecule has 3 rings (SSSR count). The molecule has 1 atom stereocenters. The van der Waals surface area contributed by atoms with Crippen molar-refractivity contribution < 1.29 is 23.6 Å². The van der Waals surface area contributed by atoms with Gasteiger partial charge < -0.3 is 24.6 Å². The molecule has 2 N–H and O–H groups in total. The van der Waals surface area contributed by atoms with Gasteiger partial charge in [0.05, 0.1) is 6.61 Å². The summed E-state index contributed by atoms with van der Waals surface area (Å²) >= 11 is 0. The van der Waals surface area contributed by atoms with Crippen molar-refractivity contribution in [1.29, 1.82) is 0 Å². The summed E-state index contributed by atoms with van der Waals surface area (Å²) < 4.78 is 16.3. The SMILES string of the molecule is CC(C)(C)OC(=O)N[C@@H](CCCCNC(=O)OCC[Si](C)(C)C)c1nc(Cc2ccc(-c3ccccc3)cc2)no1. The fourth-order valence-corrected chi connectivity index (χ4v) is 4.70. The Morgan fingerprint density at radius 3 is 2.29 bits per heavy atom. The molecule has 0 aliphatic rings. The zero-order valence-electron chi connectivity index (χ0n) is 25.2. The largest absolute Gasteiger partial charge is 0.450 e. The second-order valence-corrected chi connectivity index (χ2v) is 18.0. The van der Waals surface area contributed by atoms with Gasteiger partial charge in [0.25, 0.3) is 0 Å². The van der Waals surface area contributed by atoms with E-state index in [0.717, 1.165) is 22.7 Å². The van der Waals surface area contributed by atoms with E-state index in [4.69, 9.17) is 14.0 Å². The third-order valence-electron chi connectivity index (χ3n) is 6.17. The number of nitrogens with one attached hydrogen (secondary N) is 2. The average molecular weight is 581 g/mol.